The number of carbonyl (C=O) groups excluding carboxylic acids is 1. The van der Waals surface area contributed by atoms with Gasteiger partial charge in [-0.2, -0.15) is 0 Å². The van der Waals surface area contributed by atoms with E-state index in [0.717, 1.165) is 25.1 Å². The van der Waals surface area contributed by atoms with E-state index in [4.69, 9.17) is 10.5 Å². The van der Waals surface area contributed by atoms with Crippen LogP contribution < -0.4 is 5.73 Å². The largest absolute Gasteiger partial charge is 0.383 e. The Kier molecular flexibility index (Phi) is 3.56. The predicted octanol–water partition coefficient (Wildman–Crippen LogP) is 1.19. The van der Waals surface area contributed by atoms with E-state index in [-0.39, 0.29) is 11.9 Å². The van der Waals surface area contributed by atoms with Gasteiger partial charge in [0.15, 0.2) is 0 Å². The highest BCUT2D eigenvalue weighted by Crippen LogP contribution is 2.38. The van der Waals surface area contributed by atoms with Crippen molar-refractivity contribution in [1.82, 2.24) is 14.9 Å². The van der Waals surface area contributed by atoms with Crippen molar-refractivity contribution >= 4 is 11.7 Å². The number of ether oxygens (including phenoxy) is 1. The molecule has 1 aromatic rings. The van der Waals surface area contributed by atoms with Crippen LogP contribution in [-0.2, 0) is 4.74 Å². The molecule has 1 aliphatic heterocycles. The Morgan fingerprint density at radius 1 is 1.40 bits per heavy atom. The average Bonchev–Trinajstić information content (AvgIpc) is 3.25. The van der Waals surface area contributed by atoms with E-state index >= 15 is 0 Å². The number of hydrogen-bond donors (Lipinski definition) is 1. The maximum Gasteiger partial charge on any atom is 0.259 e. The summed E-state index contributed by atoms with van der Waals surface area (Å²) < 4.78 is 5.41. The molecule has 0 radical (unpaired) electrons. The Balaban J connectivity index is 1.81. The summed E-state index contributed by atoms with van der Waals surface area (Å²) in [6.45, 7) is 3.88. The van der Waals surface area contributed by atoms with Crippen molar-refractivity contribution in [3.05, 3.63) is 17.6 Å². The molecule has 1 amide bonds. The second-order valence-corrected chi connectivity index (χ2v) is 5.55. The summed E-state index contributed by atoms with van der Waals surface area (Å²) in [5.74, 6) is 1.41. The molecule has 1 aliphatic carbocycles. The topological polar surface area (TPSA) is 81.3 Å². The van der Waals surface area contributed by atoms with E-state index in [0.29, 0.717) is 37.1 Å². The molecule has 2 fully saturated rings. The first-order valence-corrected chi connectivity index (χ1v) is 7.18. The standard InChI is InChI=1S/C14H20N4O2/c1-9-4-6-20-7-5-18(9)14(19)11-8-16-13(10-2-3-10)17-12(11)15/h8-10H,2-7H2,1H3,(H2,15,16,17). The number of aromatic nitrogens is 2. The molecule has 3 rings (SSSR count). The maximum absolute atomic E-state index is 12.6. The molecule has 2 heterocycles. The van der Waals surface area contributed by atoms with Crippen LogP contribution in [0.2, 0.25) is 0 Å². The highest BCUT2D eigenvalue weighted by Gasteiger charge is 2.29. The van der Waals surface area contributed by atoms with Crippen molar-refractivity contribution < 1.29 is 9.53 Å². The van der Waals surface area contributed by atoms with Gasteiger partial charge in [-0.15, -0.1) is 0 Å². The molecule has 108 valence electrons. The van der Waals surface area contributed by atoms with Gasteiger partial charge >= 0.3 is 0 Å². The number of nitrogens with zero attached hydrogens (tertiary/aromatic N) is 3. The Bertz CT molecular complexity index is 516. The highest BCUT2D eigenvalue weighted by atomic mass is 16.5. The van der Waals surface area contributed by atoms with Crippen LogP contribution in [0.25, 0.3) is 0 Å². The van der Waals surface area contributed by atoms with Crippen molar-refractivity contribution in [3.8, 4) is 0 Å². The Morgan fingerprint density at radius 3 is 2.90 bits per heavy atom. The number of nitrogens with two attached hydrogens (primary N) is 1. The van der Waals surface area contributed by atoms with Crippen LogP contribution in [0.1, 0.15) is 48.3 Å². The number of hydrogen-bond acceptors (Lipinski definition) is 5. The van der Waals surface area contributed by atoms with Gasteiger partial charge < -0.3 is 15.4 Å². The molecular weight excluding hydrogens is 256 g/mol. The Morgan fingerprint density at radius 2 is 2.20 bits per heavy atom. The zero-order chi connectivity index (χ0) is 14.1. The van der Waals surface area contributed by atoms with E-state index < -0.39 is 0 Å². The van der Waals surface area contributed by atoms with Crippen LogP contribution in [0.5, 0.6) is 0 Å². The normalized spacial score (nSPS) is 23.4. The van der Waals surface area contributed by atoms with Gasteiger partial charge in [-0.3, -0.25) is 4.79 Å². The first kappa shape index (κ1) is 13.3. The highest BCUT2D eigenvalue weighted by molar-refractivity contribution is 5.98. The summed E-state index contributed by atoms with van der Waals surface area (Å²) >= 11 is 0. The van der Waals surface area contributed by atoms with Gasteiger partial charge in [0.1, 0.15) is 17.2 Å². The molecule has 1 atom stereocenters. The zero-order valence-corrected chi connectivity index (χ0v) is 11.7. The fraction of sp³-hybridized carbons (Fsp3) is 0.643. The summed E-state index contributed by atoms with van der Waals surface area (Å²) in [4.78, 5) is 23.0. The third-order valence-electron chi connectivity index (χ3n) is 3.96. The first-order valence-electron chi connectivity index (χ1n) is 7.18. The number of anilines is 1. The van der Waals surface area contributed by atoms with E-state index in [1.54, 1.807) is 11.1 Å². The molecule has 0 bridgehead atoms. The minimum absolute atomic E-state index is 0.0946. The van der Waals surface area contributed by atoms with Gasteiger partial charge in [0.25, 0.3) is 5.91 Å². The van der Waals surface area contributed by atoms with Crippen molar-refractivity contribution in [2.24, 2.45) is 0 Å². The lowest BCUT2D eigenvalue weighted by molar-refractivity contribution is 0.0687. The van der Waals surface area contributed by atoms with Gasteiger partial charge in [0.05, 0.1) is 6.61 Å². The van der Waals surface area contributed by atoms with Crippen molar-refractivity contribution in [3.63, 3.8) is 0 Å². The lowest BCUT2D eigenvalue weighted by Gasteiger charge is -2.26. The van der Waals surface area contributed by atoms with Crippen LogP contribution in [0.3, 0.4) is 0 Å². The molecule has 6 heteroatoms. The van der Waals surface area contributed by atoms with Gasteiger partial charge in [0.2, 0.25) is 0 Å². The van der Waals surface area contributed by atoms with Crippen LogP contribution in [0, 0.1) is 0 Å². The van der Waals surface area contributed by atoms with Crippen molar-refractivity contribution in [2.75, 3.05) is 25.5 Å². The smallest absolute Gasteiger partial charge is 0.259 e. The Labute approximate surface area is 118 Å². The van der Waals surface area contributed by atoms with Crippen molar-refractivity contribution in [2.45, 2.75) is 38.1 Å². The van der Waals surface area contributed by atoms with E-state index in [2.05, 4.69) is 9.97 Å². The zero-order valence-electron chi connectivity index (χ0n) is 11.7. The first-order chi connectivity index (χ1) is 9.66. The lowest BCUT2D eigenvalue weighted by atomic mass is 10.1. The van der Waals surface area contributed by atoms with E-state index in [1.807, 2.05) is 6.92 Å². The van der Waals surface area contributed by atoms with Gasteiger partial charge in [0, 0.05) is 31.3 Å². The van der Waals surface area contributed by atoms with Crippen LogP contribution >= 0.6 is 0 Å². The van der Waals surface area contributed by atoms with Gasteiger partial charge in [-0.05, 0) is 26.2 Å². The fourth-order valence-electron chi connectivity index (χ4n) is 2.46. The summed E-state index contributed by atoms with van der Waals surface area (Å²) in [5.41, 5.74) is 6.35. The quantitative estimate of drug-likeness (QED) is 0.877. The number of carbonyl (C=O) groups is 1. The SMILES string of the molecule is CC1CCOCCN1C(=O)c1cnc(C2CC2)nc1N. The molecule has 2 aliphatic rings. The number of nitrogen functional groups attached to an aromatic ring is 1. The summed E-state index contributed by atoms with van der Waals surface area (Å²) in [7, 11) is 0. The van der Waals surface area contributed by atoms with Crippen molar-refractivity contribution in [1.29, 1.82) is 0 Å². The lowest BCUT2D eigenvalue weighted by Crippen LogP contribution is -2.39. The van der Waals surface area contributed by atoms with E-state index in [9.17, 15) is 4.79 Å². The molecule has 0 aromatic carbocycles. The molecular formula is C14H20N4O2. The number of amides is 1. The molecule has 1 saturated heterocycles. The minimum Gasteiger partial charge on any atom is -0.383 e. The second-order valence-electron chi connectivity index (χ2n) is 5.55. The third-order valence-corrected chi connectivity index (χ3v) is 3.96. The molecule has 20 heavy (non-hydrogen) atoms. The van der Waals surface area contributed by atoms with Crippen LogP contribution in [0.4, 0.5) is 5.82 Å². The molecule has 0 spiro atoms. The molecule has 1 aromatic heterocycles. The van der Waals surface area contributed by atoms with Crippen LogP contribution in [-0.4, -0.2) is 46.6 Å². The third kappa shape index (κ3) is 2.60. The molecule has 1 saturated carbocycles. The Hall–Kier alpha value is -1.69. The molecule has 6 nitrogen and oxygen atoms in total. The fourth-order valence-corrected chi connectivity index (χ4v) is 2.46. The summed E-state index contributed by atoms with van der Waals surface area (Å²) in [6, 6.07) is 0.146. The summed E-state index contributed by atoms with van der Waals surface area (Å²) in [6.07, 6.45) is 4.66. The van der Waals surface area contributed by atoms with Crippen LogP contribution in [0.15, 0.2) is 6.20 Å². The number of rotatable bonds is 2. The van der Waals surface area contributed by atoms with Gasteiger partial charge in [-0.1, -0.05) is 0 Å². The van der Waals surface area contributed by atoms with Gasteiger partial charge in [-0.25, -0.2) is 9.97 Å². The maximum atomic E-state index is 12.6. The average molecular weight is 276 g/mol. The minimum atomic E-state index is -0.0946. The molecule has 2 N–H and O–H groups in total. The predicted molar refractivity (Wildman–Crippen MR) is 74.4 cm³/mol. The monoisotopic (exact) mass is 276 g/mol. The van der Waals surface area contributed by atoms with E-state index in [1.165, 1.54) is 0 Å². The second kappa shape index (κ2) is 5.36. The molecule has 1 unspecified atom stereocenters. The summed E-state index contributed by atoms with van der Waals surface area (Å²) in [5, 5.41) is 0.